The van der Waals surface area contributed by atoms with E-state index in [0.29, 0.717) is 35.4 Å². The molecule has 4 nitrogen and oxygen atoms in total. The van der Waals surface area contributed by atoms with Crippen molar-refractivity contribution in [3.05, 3.63) is 27.7 Å². The number of esters is 1. The second-order valence-electron chi connectivity index (χ2n) is 4.78. The Hall–Kier alpha value is -0.970. The zero-order valence-electron chi connectivity index (χ0n) is 13.0. The molecule has 0 saturated heterocycles. The van der Waals surface area contributed by atoms with Crippen molar-refractivity contribution in [1.29, 1.82) is 0 Å². The van der Waals surface area contributed by atoms with E-state index in [-0.39, 0.29) is 12.4 Å². The lowest BCUT2D eigenvalue weighted by Gasteiger charge is -2.12. The largest absolute Gasteiger partial charge is 0.490 e. The van der Waals surface area contributed by atoms with E-state index in [1.165, 1.54) is 7.11 Å². The summed E-state index contributed by atoms with van der Waals surface area (Å²) in [5.41, 5.74) is 0.874. The van der Waals surface area contributed by atoms with Gasteiger partial charge in [-0.1, -0.05) is 30.1 Å². The van der Waals surface area contributed by atoms with Crippen molar-refractivity contribution in [3.63, 3.8) is 0 Å². The van der Waals surface area contributed by atoms with Crippen LogP contribution in [0.15, 0.2) is 12.1 Å². The van der Waals surface area contributed by atoms with Crippen molar-refractivity contribution in [3.8, 4) is 5.75 Å². The molecule has 0 aliphatic carbocycles. The van der Waals surface area contributed by atoms with Crippen molar-refractivity contribution in [2.45, 2.75) is 32.6 Å². The molecule has 1 aromatic carbocycles. The fourth-order valence-electron chi connectivity index (χ4n) is 1.82. The van der Waals surface area contributed by atoms with E-state index in [2.05, 4.69) is 11.7 Å². The molecule has 1 rings (SSSR count). The molecule has 0 atom stereocenters. The number of rotatable bonds is 10. The molecule has 0 amide bonds. The average molecular weight is 349 g/mol. The number of carbonyl (C=O) groups excluding carboxylic acids is 1. The molecule has 22 heavy (non-hydrogen) atoms. The predicted molar refractivity (Wildman–Crippen MR) is 88.0 cm³/mol. The Morgan fingerprint density at radius 2 is 1.82 bits per heavy atom. The highest BCUT2D eigenvalue weighted by molar-refractivity contribution is 6.37. The Bertz CT molecular complexity index is 454. The van der Waals surface area contributed by atoms with Gasteiger partial charge >= 0.3 is 5.97 Å². The standard InChI is InChI=1S/C16H22Cl2O4/c1-3-7-21-8-4-9-22-16-13(17)10-12(11-14(16)18)5-6-15(19)20-2/h10-11H,3-9H2,1-2H3. The maximum Gasteiger partial charge on any atom is 0.305 e. The number of hydrogen-bond donors (Lipinski definition) is 0. The van der Waals surface area contributed by atoms with E-state index in [1.807, 2.05) is 0 Å². The van der Waals surface area contributed by atoms with Crippen LogP contribution < -0.4 is 4.74 Å². The molecule has 6 heteroatoms. The smallest absolute Gasteiger partial charge is 0.305 e. The minimum Gasteiger partial charge on any atom is -0.490 e. The summed E-state index contributed by atoms with van der Waals surface area (Å²) in [6.07, 6.45) is 2.59. The van der Waals surface area contributed by atoms with Gasteiger partial charge in [0.15, 0.2) is 5.75 Å². The third-order valence-electron chi connectivity index (χ3n) is 2.93. The third-order valence-corrected chi connectivity index (χ3v) is 3.49. The summed E-state index contributed by atoms with van der Waals surface area (Å²) in [5, 5.41) is 0.892. The minimum absolute atomic E-state index is 0.264. The van der Waals surface area contributed by atoms with Crippen LogP contribution in [0.2, 0.25) is 10.0 Å². The van der Waals surface area contributed by atoms with E-state index >= 15 is 0 Å². The lowest BCUT2D eigenvalue weighted by Crippen LogP contribution is -2.05. The Kier molecular flexibility index (Phi) is 9.28. The van der Waals surface area contributed by atoms with Crippen LogP contribution in [-0.4, -0.2) is 32.9 Å². The third kappa shape index (κ3) is 6.86. The van der Waals surface area contributed by atoms with E-state index in [9.17, 15) is 4.79 Å². The van der Waals surface area contributed by atoms with E-state index in [0.717, 1.165) is 25.0 Å². The lowest BCUT2D eigenvalue weighted by atomic mass is 10.1. The first kappa shape index (κ1) is 19.1. The Morgan fingerprint density at radius 1 is 1.14 bits per heavy atom. The number of hydrogen-bond acceptors (Lipinski definition) is 4. The van der Waals surface area contributed by atoms with Gasteiger partial charge in [0.2, 0.25) is 0 Å². The molecule has 0 aliphatic rings. The normalized spacial score (nSPS) is 10.5. The fraction of sp³-hybridized carbons (Fsp3) is 0.562. The van der Waals surface area contributed by atoms with E-state index in [4.69, 9.17) is 32.7 Å². The Balaban J connectivity index is 2.49. The summed E-state index contributed by atoms with van der Waals surface area (Å²) in [6.45, 7) is 3.97. The molecule has 0 radical (unpaired) electrons. The first-order valence-electron chi connectivity index (χ1n) is 7.33. The van der Waals surface area contributed by atoms with Crippen molar-refractivity contribution < 1.29 is 19.0 Å². The highest BCUT2D eigenvalue weighted by atomic mass is 35.5. The van der Waals surface area contributed by atoms with Gasteiger partial charge < -0.3 is 14.2 Å². The van der Waals surface area contributed by atoms with E-state index in [1.54, 1.807) is 12.1 Å². The molecule has 0 fully saturated rings. The summed E-state index contributed by atoms with van der Waals surface area (Å²) in [5.74, 6) is 0.209. The highest BCUT2D eigenvalue weighted by Crippen LogP contribution is 2.34. The molecule has 124 valence electrons. The second-order valence-corrected chi connectivity index (χ2v) is 5.59. The van der Waals surface area contributed by atoms with Gasteiger partial charge in [0.05, 0.1) is 23.8 Å². The number of ether oxygens (including phenoxy) is 3. The van der Waals surface area contributed by atoms with Gasteiger partial charge in [0.1, 0.15) is 0 Å². The molecule has 0 spiro atoms. The average Bonchev–Trinajstić information content (AvgIpc) is 2.50. The van der Waals surface area contributed by atoms with Crippen LogP contribution in [0.4, 0.5) is 0 Å². The van der Waals surface area contributed by atoms with Crippen LogP contribution in [0.25, 0.3) is 0 Å². The summed E-state index contributed by atoms with van der Waals surface area (Å²) in [6, 6.07) is 3.53. The number of benzene rings is 1. The Morgan fingerprint density at radius 3 is 2.41 bits per heavy atom. The number of methoxy groups -OCH3 is 1. The predicted octanol–water partition coefficient (Wildman–Crippen LogP) is 4.29. The molecule has 0 saturated carbocycles. The van der Waals surface area contributed by atoms with E-state index < -0.39 is 0 Å². The zero-order chi connectivity index (χ0) is 16.4. The Labute approximate surface area is 141 Å². The quantitative estimate of drug-likeness (QED) is 0.467. The van der Waals surface area contributed by atoms with Crippen molar-refractivity contribution in [1.82, 2.24) is 0 Å². The van der Waals surface area contributed by atoms with Gasteiger partial charge in [0.25, 0.3) is 0 Å². The topological polar surface area (TPSA) is 44.8 Å². The first-order valence-corrected chi connectivity index (χ1v) is 8.09. The molecule has 0 heterocycles. The minimum atomic E-state index is -0.264. The second kappa shape index (κ2) is 10.7. The van der Waals surface area contributed by atoms with Crippen LogP contribution in [0, 0.1) is 0 Å². The molecule has 0 bridgehead atoms. The van der Waals surface area contributed by atoms with Crippen molar-refractivity contribution in [2.24, 2.45) is 0 Å². The monoisotopic (exact) mass is 348 g/mol. The summed E-state index contributed by atoms with van der Waals surface area (Å²) < 4.78 is 15.6. The number of carbonyl (C=O) groups is 1. The number of aryl methyl sites for hydroxylation is 1. The summed E-state index contributed by atoms with van der Waals surface area (Å²) >= 11 is 12.4. The molecule has 0 N–H and O–H groups in total. The van der Waals surface area contributed by atoms with Crippen molar-refractivity contribution in [2.75, 3.05) is 26.9 Å². The van der Waals surface area contributed by atoms with Gasteiger partial charge in [-0.25, -0.2) is 0 Å². The summed E-state index contributed by atoms with van der Waals surface area (Å²) in [7, 11) is 1.36. The lowest BCUT2D eigenvalue weighted by molar-refractivity contribution is -0.140. The van der Waals surface area contributed by atoms with Crippen LogP contribution in [0.1, 0.15) is 31.7 Å². The molecule has 0 aliphatic heterocycles. The maximum atomic E-state index is 11.1. The van der Waals surface area contributed by atoms with Crippen LogP contribution in [0.5, 0.6) is 5.75 Å². The summed E-state index contributed by atoms with van der Waals surface area (Å²) in [4.78, 5) is 11.1. The van der Waals surface area contributed by atoms with Gasteiger partial charge in [-0.15, -0.1) is 0 Å². The van der Waals surface area contributed by atoms with Gasteiger partial charge in [-0.3, -0.25) is 4.79 Å². The fourth-order valence-corrected chi connectivity index (χ4v) is 2.47. The SMILES string of the molecule is CCCOCCCOc1c(Cl)cc(CCC(=O)OC)cc1Cl. The van der Waals surface area contributed by atoms with Gasteiger partial charge in [0, 0.05) is 26.1 Å². The number of halogens is 2. The van der Waals surface area contributed by atoms with Gasteiger partial charge in [-0.05, 0) is 30.5 Å². The molecule has 0 aromatic heterocycles. The molecular weight excluding hydrogens is 327 g/mol. The first-order chi connectivity index (χ1) is 10.6. The van der Waals surface area contributed by atoms with Crippen LogP contribution >= 0.6 is 23.2 Å². The molecular formula is C16H22Cl2O4. The van der Waals surface area contributed by atoms with Crippen molar-refractivity contribution >= 4 is 29.2 Å². The molecule has 0 unspecified atom stereocenters. The van der Waals surface area contributed by atoms with Gasteiger partial charge in [-0.2, -0.15) is 0 Å². The van der Waals surface area contributed by atoms with Crippen LogP contribution in [-0.2, 0) is 20.7 Å². The molecule has 1 aromatic rings. The zero-order valence-corrected chi connectivity index (χ0v) is 14.5. The maximum absolute atomic E-state index is 11.1. The van der Waals surface area contributed by atoms with Crippen LogP contribution in [0.3, 0.4) is 0 Å². The highest BCUT2D eigenvalue weighted by Gasteiger charge is 2.11.